The lowest BCUT2D eigenvalue weighted by Crippen LogP contribution is -2.60. The maximum Gasteiger partial charge on any atom is 0.277 e. The highest BCUT2D eigenvalue weighted by molar-refractivity contribution is 6.76. The fourth-order valence-electron chi connectivity index (χ4n) is 5.25. The molecule has 0 saturated heterocycles. The average molecular weight is 636 g/mol. The van der Waals surface area contributed by atoms with Crippen molar-refractivity contribution in [3.8, 4) is 5.75 Å². The number of Topliss-reactive ketones (excluding diaryl/α,β-unsaturated/α-hetero) is 1. The minimum atomic E-state index is -1.34. The number of hydrogen-bond donors (Lipinski definition) is 0. The quantitative estimate of drug-likeness (QED) is 0.0810. The molecule has 1 aliphatic heterocycles. The summed E-state index contributed by atoms with van der Waals surface area (Å²) in [6.07, 6.45) is 4.32. The first-order valence-corrected chi connectivity index (χ1v) is 19.0. The predicted molar refractivity (Wildman–Crippen MR) is 178 cm³/mol. The van der Waals surface area contributed by atoms with E-state index in [0.29, 0.717) is 36.5 Å². The zero-order valence-electron chi connectivity index (χ0n) is 26.0. The van der Waals surface area contributed by atoms with Gasteiger partial charge in [-0.25, -0.2) is 0 Å². The van der Waals surface area contributed by atoms with E-state index in [9.17, 15) is 14.4 Å². The monoisotopic (exact) mass is 635 g/mol. The third kappa shape index (κ3) is 8.08. The number of amides is 1. The molecule has 234 valence electrons. The molecule has 2 unspecified atom stereocenters. The second kappa shape index (κ2) is 14.9. The molecule has 0 aliphatic carbocycles. The summed E-state index contributed by atoms with van der Waals surface area (Å²) in [4.78, 5) is 42.1. The van der Waals surface area contributed by atoms with Crippen molar-refractivity contribution in [1.82, 2.24) is 9.58 Å². The Kier molecular flexibility index (Phi) is 11.2. The summed E-state index contributed by atoms with van der Waals surface area (Å²) >= 11 is 6.37. The number of rotatable bonds is 15. The molecule has 2 aromatic carbocycles. The van der Waals surface area contributed by atoms with E-state index in [1.807, 2.05) is 35.3 Å². The number of benzene rings is 2. The highest BCUT2D eigenvalue weighted by Gasteiger charge is 2.39. The maximum atomic E-state index is 13.9. The number of ether oxygens (including phenoxy) is 2. The lowest BCUT2D eigenvalue weighted by Gasteiger charge is -2.45. The summed E-state index contributed by atoms with van der Waals surface area (Å²) < 4.78 is 13.9. The van der Waals surface area contributed by atoms with Crippen LogP contribution in [0.2, 0.25) is 30.7 Å². The third-order valence-electron chi connectivity index (χ3n) is 7.81. The number of aromatic nitrogens is 1. The van der Waals surface area contributed by atoms with Gasteiger partial charge in [0.25, 0.3) is 5.91 Å². The highest BCUT2D eigenvalue weighted by atomic mass is 35.5. The first-order chi connectivity index (χ1) is 21.0. The van der Waals surface area contributed by atoms with Crippen molar-refractivity contribution in [2.75, 3.05) is 25.4 Å². The number of fused-ring (bicyclic) bond motifs is 1. The fourth-order valence-corrected chi connectivity index (χ4v) is 6.23. The Morgan fingerprint density at radius 3 is 2.45 bits per heavy atom. The van der Waals surface area contributed by atoms with E-state index in [1.165, 1.54) is 6.07 Å². The summed E-state index contributed by atoms with van der Waals surface area (Å²) in [5.41, 5.74) is 1.13. The molecule has 44 heavy (non-hydrogen) atoms. The van der Waals surface area contributed by atoms with E-state index < -0.39 is 14.2 Å². The van der Waals surface area contributed by atoms with Gasteiger partial charge in [-0.1, -0.05) is 79.8 Å². The molecule has 0 N–H and O–H groups in total. The van der Waals surface area contributed by atoms with Crippen LogP contribution in [0.4, 0.5) is 0 Å². The number of hydrogen-bond acceptors (Lipinski definition) is 6. The molecule has 2 atom stereocenters. The molecule has 1 amide bonds. The Labute approximate surface area is 265 Å². The number of allylic oxidation sites excluding steroid dienone is 1. The van der Waals surface area contributed by atoms with Crippen molar-refractivity contribution in [2.45, 2.75) is 57.7 Å². The fraction of sp³-hybridized carbons (Fsp3) is 0.382. The molecule has 10 heteroatoms. The molecule has 0 spiro atoms. The van der Waals surface area contributed by atoms with E-state index in [4.69, 9.17) is 21.1 Å². The van der Waals surface area contributed by atoms with Gasteiger partial charge in [0.05, 0.1) is 5.02 Å². The van der Waals surface area contributed by atoms with Gasteiger partial charge in [-0.3, -0.25) is 24.1 Å². The normalized spacial score (nSPS) is 15.6. The highest BCUT2D eigenvalue weighted by Crippen LogP contribution is 2.29. The number of nitrogens with zero attached hydrogens (tertiary/aromatic N) is 3. The van der Waals surface area contributed by atoms with Crippen LogP contribution in [0.1, 0.15) is 45.7 Å². The van der Waals surface area contributed by atoms with E-state index in [-0.39, 0.29) is 47.8 Å². The van der Waals surface area contributed by atoms with Crippen molar-refractivity contribution in [3.05, 3.63) is 112 Å². The summed E-state index contributed by atoms with van der Waals surface area (Å²) in [6, 6.07) is 18.9. The van der Waals surface area contributed by atoms with Gasteiger partial charge < -0.3 is 14.4 Å². The van der Waals surface area contributed by atoms with Crippen LogP contribution in [0.15, 0.2) is 84.3 Å². The van der Waals surface area contributed by atoms with E-state index in [1.54, 1.807) is 53.2 Å². The second-order valence-corrected chi connectivity index (χ2v) is 18.3. The van der Waals surface area contributed by atoms with Gasteiger partial charge in [-0.05, 0) is 43.0 Å². The van der Waals surface area contributed by atoms with Gasteiger partial charge in [0.1, 0.15) is 19.5 Å². The van der Waals surface area contributed by atoms with Gasteiger partial charge in [-0.2, -0.15) is 0 Å². The predicted octanol–water partition coefficient (Wildman–Crippen LogP) is 6.60. The van der Waals surface area contributed by atoms with Crippen LogP contribution >= 0.6 is 11.6 Å². The first-order valence-electron chi connectivity index (χ1n) is 15.0. The molecule has 3 aromatic rings. The van der Waals surface area contributed by atoms with Crippen LogP contribution in [-0.2, 0) is 11.3 Å². The molecular weight excluding hydrogens is 594 g/mol. The van der Waals surface area contributed by atoms with Crippen LogP contribution in [-0.4, -0.2) is 55.9 Å². The van der Waals surface area contributed by atoms with Crippen molar-refractivity contribution in [3.63, 3.8) is 0 Å². The third-order valence-corrected chi connectivity index (χ3v) is 9.84. The average Bonchev–Trinajstić information content (AvgIpc) is 2.99. The Morgan fingerprint density at radius 2 is 1.77 bits per heavy atom. The number of halogens is 1. The molecule has 0 fully saturated rings. The summed E-state index contributed by atoms with van der Waals surface area (Å²) in [6.45, 7) is 11.6. The Morgan fingerprint density at radius 1 is 1.07 bits per heavy atom. The van der Waals surface area contributed by atoms with Crippen LogP contribution in [0.25, 0.3) is 0 Å². The molecule has 4 rings (SSSR count). The molecule has 8 nitrogen and oxygen atoms in total. The Hall–Kier alpha value is -3.66. The molecule has 0 bridgehead atoms. The minimum Gasteiger partial charge on any atom is -0.482 e. The topological polar surface area (TPSA) is 81.1 Å². The zero-order chi connectivity index (χ0) is 31.9. The summed E-state index contributed by atoms with van der Waals surface area (Å²) in [7, 11) is 0.372. The maximum absolute atomic E-state index is 13.9. The molecule has 2 heterocycles. The Bertz CT molecular complexity index is 1520. The number of carbonyl (C=O) groups is 2. The van der Waals surface area contributed by atoms with Crippen molar-refractivity contribution in [2.24, 2.45) is 5.92 Å². The molecule has 1 aromatic heterocycles. The standard InChI is InChI=1S/C34H42ClN3O5Si/c1-6-12-26(32(40)27-15-10-11-16-28(27)35)17-18-30-36(2)34(41)31-33(43-23-25-13-8-7-9-14-25)29(39)19-20-37(31)38(30)24-42-21-22-44(3,4)5/h6-11,13-16,19-20,26,30H,1,12,17-18,21-24H2,2-5H3. The zero-order valence-corrected chi connectivity index (χ0v) is 27.8. The first kappa shape index (κ1) is 33.2. The van der Waals surface area contributed by atoms with E-state index in [2.05, 4.69) is 26.2 Å². The van der Waals surface area contributed by atoms with Gasteiger partial charge >= 0.3 is 0 Å². The van der Waals surface area contributed by atoms with Crippen molar-refractivity contribution >= 4 is 31.4 Å². The molecule has 0 saturated carbocycles. The van der Waals surface area contributed by atoms with Gasteiger partial charge in [0.2, 0.25) is 5.43 Å². The van der Waals surface area contributed by atoms with Crippen molar-refractivity contribution in [1.29, 1.82) is 0 Å². The van der Waals surface area contributed by atoms with Gasteiger partial charge in [0.15, 0.2) is 17.2 Å². The lowest BCUT2D eigenvalue weighted by molar-refractivity contribution is 0.0462. The van der Waals surface area contributed by atoms with E-state index >= 15 is 0 Å². The summed E-state index contributed by atoms with van der Waals surface area (Å²) in [5.74, 6) is -0.770. The van der Waals surface area contributed by atoms with Crippen LogP contribution in [0.5, 0.6) is 5.75 Å². The van der Waals surface area contributed by atoms with Crippen LogP contribution in [0, 0.1) is 5.92 Å². The number of ketones is 1. The summed E-state index contributed by atoms with van der Waals surface area (Å²) in [5, 5.41) is 2.34. The van der Waals surface area contributed by atoms with Crippen LogP contribution in [0.3, 0.4) is 0 Å². The number of carbonyl (C=O) groups excluding carboxylic acids is 2. The minimum absolute atomic E-state index is 0.00261. The van der Waals surface area contributed by atoms with E-state index in [0.717, 1.165) is 11.6 Å². The second-order valence-electron chi connectivity index (χ2n) is 12.3. The van der Waals surface area contributed by atoms with Crippen LogP contribution < -0.4 is 15.2 Å². The largest absolute Gasteiger partial charge is 0.482 e. The molecule has 1 aliphatic rings. The SMILES string of the molecule is C=CCC(CCC1N(C)C(=O)c2c(OCc3ccccc3)c(=O)ccn2N1COCC[Si](C)(C)C)C(=O)c1ccccc1Cl. The van der Waals surface area contributed by atoms with Gasteiger partial charge in [-0.15, -0.1) is 6.58 Å². The smallest absolute Gasteiger partial charge is 0.277 e. The van der Waals surface area contributed by atoms with Gasteiger partial charge in [0, 0.05) is 45.5 Å². The molecule has 0 radical (unpaired) electrons. The van der Waals surface area contributed by atoms with Crippen molar-refractivity contribution < 1.29 is 19.1 Å². The molecular formula is C34H42ClN3O5Si. The Balaban J connectivity index is 1.64. The number of pyridine rings is 1. The lowest BCUT2D eigenvalue weighted by atomic mass is 9.89.